The third-order valence-corrected chi connectivity index (χ3v) is 3.14. The lowest BCUT2D eigenvalue weighted by Crippen LogP contribution is -2.18. The number of amides is 1. The molecule has 0 saturated heterocycles. The summed E-state index contributed by atoms with van der Waals surface area (Å²) in [6.45, 7) is 0.487. The van der Waals surface area contributed by atoms with Gasteiger partial charge in [-0.1, -0.05) is 24.4 Å². The summed E-state index contributed by atoms with van der Waals surface area (Å²) in [5, 5.41) is 2.79. The number of aryl methyl sites for hydroxylation is 1. The molecule has 1 heterocycles. The van der Waals surface area contributed by atoms with Gasteiger partial charge in [-0.05, 0) is 12.1 Å². The summed E-state index contributed by atoms with van der Waals surface area (Å²) in [6, 6.07) is 10.1. The zero-order valence-electron chi connectivity index (χ0n) is 11.3. The van der Waals surface area contributed by atoms with Crippen molar-refractivity contribution < 1.29 is 4.79 Å². The van der Waals surface area contributed by atoms with E-state index >= 15 is 0 Å². The first kappa shape index (κ1) is 14.9. The Kier molecular flexibility index (Phi) is 4.84. The number of anilines is 1. The molecule has 0 spiro atoms. The number of nitrogens with one attached hydrogen (secondary N) is 1. The lowest BCUT2D eigenvalue weighted by Gasteiger charge is -2.10. The van der Waals surface area contributed by atoms with Gasteiger partial charge in [0.25, 0.3) is 0 Å². The molecular formula is C15H15N3O2S. The Morgan fingerprint density at radius 3 is 2.52 bits per heavy atom. The van der Waals surface area contributed by atoms with Gasteiger partial charge < -0.3 is 15.6 Å². The summed E-state index contributed by atoms with van der Waals surface area (Å²) in [6.07, 6.45) is 3.59. The number of rotatable bonds is 5. The molecule has 2 rings (SSSR count). The Bertz CT molecular complexity index is 704. The van der Waals surface area contributed by atoms with Gasteiger partial charge >= 0.3 is 0 Å². The second kappa shape index (κ2) is 6.81. The van der Waals surface area contributed by atoms with Crippen molar-refractivity contribution in [1.82, 2.24) is 4.57 Å². The number of nitrogens with zero attached hydrogens (tertiary/aromatic N) is 1. The van der Waals surface area contributed by atoms with Crippen LogP contribution in [0.25, 0.3) is 0 Å². The van der Waals surface area contributed by atoms with E-state index in [-0.39, 0.29) is 22.7 Å². The molecule has 1 amide bonds. The van der Waals surface area contributed by atoms with E-state index in [2.05, 4.69) is 5.32 Å². The van der Waals surface area contributed by atoms with Gasteiger partial charge in [-0.3, -0.25) is 9.59 Å². The monoisotopic (exact) mass is 301 g/mol. The highest BCUT2D eigenvalue weighted by Gasteiger charge is 2.08. The van der Waals surface area contributed by atoms with Crippen molar-refractivity contribution in [2.24, 2.45) is 5.73 Å². The summed E-state index contributed by atoms with van der Waals surface area (Å²) in [4.78, 5) is 23.2. The molecule has 0 aliphatic heterocycles. The Hall–Kier alpha value is -2.47. The minimum absolute atomic E-state index is 0.0545. The van der Waals surface area contributed by atoms with Crippen LogP contribution in [0.2, 0.25) is 0 Å². The molecule has 1 aromatic carbocycles. The van der Waals surface area contributed by atoms with E-state index in [0.29, 0.717) is 17.8 Å². The van der Waals surface area contributed by atoms with Crippen molar-refractivity contribution in [3.63, 3.8) is 0 Å². The second-order valence-corrected chi connectivity index (χ2v) is 4.92. The van der Waals surface area contributed by atoms with E-state index in [1.165, 1.54) is 12.1 Å². The Labute approximate surface area is 127 Å². The zero-order chi connectivity index (χ0) is 15.2. The molecule has 0 atom stereocenters. The van der Waals surface area contributed by atoms with Crippen LogP contribution in [0.15, 0.2) is 53.6 Å². The summed E-state index contributed by atoms with van der Waals surface area (Å²) >= 11 is 4.95. The van der Waals surface area contributed by atoms with Crippen LogP contribution in [0.4, 0.5) is 5.69 Å². The molecule has 0 saturated carbocycles. The molecule has 0 bridgehead atoms. The number of thiocarbonyl (C=S) groups is 1. The highest BCUT2D eigenvalue weighted by molar-refractivity contribution is 7.80. The molecule has 3 N–H and O–H groups in total. The van der Waals surface area contributed by atoms with Crippen LogP contribution in [0.3, 0.4) is 0 Å². The molecular weight excluding hydrogens is 286 g/mol. The van der Waals surface area contributed by atoms with E-state index in [9.17, 15) is 9.59 Å². The normalized spacial score (nSPS) is 10.1. The van der Waals surface area contributed by atoms with E-state index in [4.69, 9.17) is 18.0 Å². The molecule has 108 valence electrons. The van der Waals surface area contributed by atoms with E-state index in [1.807, 2.05) is 6.07 Å². The second-order valence-electron chi connectivity index (χ2n) is 4.48. The number of para-hydroxylation sites is 1. The number of carbonyl (C=O) groups is 1. The predicted molar refractivity (Wildman–Crippen MR) is 86.3 cm³/mol. The van der Waals surface area contributed by atoms with Crippen molar-refractivity contribution in [3.05, 3.63) is 64.6 Å². The van der Waals surface area contributed by atoms with Gasteiger partial charge in [-0.15, -0.1) is 0 Å². The first-order valence-corrected chi connectivity index (χ1v) is 6.82. The van der Waals surface area contributed by atoms with E-state index < -0.39 is 0 Å². The molecule has 2 aromatic rings. The molecule has 0 aliphatic carbocycles. The third kappa shape index (κ3) is 4.25. The van der Waals surface area contributed by atoms with Gasteiger partial charge in [-0.25, -0.2) is 0 Å². The fourth-order valence-electron chi connectivity index (χ4n) is 1.84. The largest absolute Gasteiger partial charge is 0.389 e. The highest BCUT2D eigenvalue weighted by Crippen LogP contribution is 2.15. The number of hydrogen-bond acceptors (Lipinski definition) is 3. The molecule has 0 fully saturated rings. The van der Waals surface area contributed by atoms with Crippen LogP contribution in [-0.4, -0.2) is 15.5 Å². The lowest BCUT2D eigenvalue weighted by atomic mass is 10.1. The molecule has 0 radical (unpaired) electrons. The van der Waals surface area contributed by atoms with Gasteiger partial charge in [0.15, 0.2) is 5.43 Å². The lowest BCUT2D eigenvalue weighted by molar-refractivity contribution is -0.116. The summed E-state index contributed by atoms with van der Waals surface area (Å²) in [5.41, 5.74) is 6.81. The zero-order valence-corrected chi connectivity index (χ0v) is 12.1. The Morgan fingerprint density at radius 1 is 1.19 bits per heavy atom. The van der Waals surface area contributed by atoms with Crippen LogP contribution in [0.5, 0.6) is 0 Å². The van der Waals surface area contributed by atoms with Crippen molar-refractivity contribution in [2.45, 2.75) is 13.0 Å². The van der Waals surface area contributed by atoms with Crippen LogP contribution in [-0.2, 0) is 11.3 Å². The van der Waals surface area contributed by atoms with Crippen molar-refractivity contribution in [1.29, 1.82) is 0 Å². The Morgan fingerprint density at radius 2 is 1.86 bits per heavy atom. The number of nitrogens with two attached hydrogens (primary N) is 1. The highest BCUT2D eigenvalue weighted by atomic mass is 32.1. The van der Waals surface area contributed by atoms with Crippen molar-refractivity contribution in [3.8, 4) is 0 Å². The van der Waals surface area contributed by atoms with Crippen molar-refractivity contribution in [2.75, 3.05) is 5.32 Å². The minimum atomic E-state index is -0.141. The van der Waals surface area contributed by atoms with Crippen LogP contribution >= 0.6 is 12.2 Å². The molecule has 1 aromatic heterocycles. The summed E-state index contributed by atoms with van der Waals surface area (Å²) in [7, 11) is 0. The SMILES string of the molecule is NC(=S)c1ccccc1NC(=O)CCn1ccc(=O)cc1. The molecule has 21 heavy (non-hydrogen) atoms. The maximum Gasteiger partial charge on any atom is 0.226 e. The molecule has 0 unspecified atom stereocenters. The molecule has 5 nitrogen and oxygen atoms in total. The third-order valence-electron chi connectivity index (χ3n) is 2.92. The Balaban J connectivity index is 1.97. The van der Waals surface area contributed by atoms with Crippen molar-refractivity contribution >= 4 is 28.8 Å². The maximum absolute atomic E-state index is 12.0. The predicted octanol–water partition coefficient (Wildman–Crippen LogP) is 1.51. The van der Waals surface area contributed by atoms with Gasteiger partial charge in [0.2, 0.25) is 5.91 Å². The fraction of sp³-hybridized carbons (Fsp3) is 0.133. The minimum Gasteiger partial charge on any atom is -0.389 e. The van der Waals surface area contributed by atoms with Crippen LogP contribution < -0.4 is 16.5 Å². The van der Waals surface area contributed by atoms with Crippen LogP contribution in [0.1, 0.15) is 12.0 Å². The summed E-state index contributed by atoms with van der Waals surface area (Å²) < 4.78 is 1.78. The van der Waals surface area contributed by atoms with Gasteiger partial charge in [0.05, 0.1) is 5.69 Å². The topological polar surface area (TPSA) is 77.1 Å². The standard InChI is InChI=1S/C15H15N3O2S/c16-15(21)12-3-1-2-4-13(12)17-14(20)7-10-18-8-5-11(19)6-9-18/h1-6,8-9H,7,10H2,(H2,16,21)(H,17,20). The average molecular weight is 301 g/mol. The number of carbonyl (C=O) groups excluding carboxylic acids is 1. The van der Waals surface area contributed by atoms with E-state index in [0.717, 1.165) is 0 Å². The number of aromatic nitrogens is 1. The van der Waals surface area contributed by atoms with E-state index in [1.54, 1.807) is 35.2 Å². The smallest absolute Gasteiger partial charge is 0.226 e. The number of pyridine rings is 1. The first-order chi connectivity index (χ1) is 10.1. The van der Waals surface area contributed by atoms with Gasteiger partial charge in [0, 0.05) is 43.1 Å². The summed E-state index contributed by atoms with van der Waals surface area (Å²) in [5.74, 6) is -0.141. The number of hydrogen-bond donors (Lipinski definition) is 2. The number of benzene rings is 1. The maximum atomic E-state index is 12.0. The van der Waals surface area contributed by atoms with Crippen LogP contribution in [0, 0.1) is 0 Å². The van der Waals surface area contributed by atoms with Gasteiger partial charge in [-0.2, -0.15) is 0 Å². The first-order valence-electron chi connectivity index (χ1n) is 6.41. The van der Waals surface area contributed by atoms with Gasteiger partial charge in [0.1, 0.15) is 4.99 Å². The average Bonchev–Trinajstić information content (AvgIpc) is 2.47. The quantitative estimate of drug-likeness (QED) is 0.821. The fourth-order valence-corrected chi connectivity index (χ4v) is 2.02. The molecule has 0 aliphatic rings. The molecule has 6 heteroatoms.